The predicted molar refractivity (Wildman–Crippen MR) is 128 cm³/mol. The second kappa shape index (κ2) is 9.05. The van der Waals surface area contributed by atoms with Crippen LogP contribution in [-0.2, 0) is 12.3 Å². The summed E-state index contributed by atoms with van der Waals surface area (Å²) < 4.78 is 37.2. The molecular formula is C23H15F2N3O2S3. The van der Waals surface area contributed by atoms with Crippen LogP contribution in [0.1, 0.15) is 11.3 Å². The quantitative estimate of drug-likeness (QED) is 0.158. The molecule has 0 bridgehead atoms. The van der Waals surface area contributed by atoms with E-state index < -0.39 is 5.82 Å². The number of thioether (sulfide) groups is 1. The van der Waals surface area contributed by atoms with E-state index in [0.717, 1.165) is 11.3 Å². The maximum atomic E-state index is 14.2. The zero-order valence-corrected chi connectivity index (χ0v) is 19.4. The second-order valence-electron chi connectivity index (χ2n) is 7.08. The minimum atomic E-state index is -0.415. The van der Waals surface area contributed by atoms with Crippen molar-refractivity contribution in [3.63, 3.8) is 0 Å². The summed E-state index contributed by atoms with van der Waals surface area (Å²) in [6.07, 6.45) is 1.57. The fourth-order valence-corrected chi connectivity index (χ4v) is 5.60. The van der Waals surface area contributed by atoms with Crippen LogP contribution in [0.3, 0.4) is 0 Å². The van der Waals surface area contributed by atoms with Crippen molar-refractivity contribution in [1.29, 1.82) is 0 Å². The number of hydrogen-bond acceptors (Lipinski definition) is 6. The Labute approximate surface area is 200 Å². The van der Waals surface area contributed by atoms with Crippen molar-refractivity contribution in [3.05, 3.63) is 104 Å². The number of halogens is 2. The number of nitrogens with zero attached hydrogens (tertiary/aromatic N) is 3. The monoisotopic (exact) mass is 499 g/mol. The third kappa shape index (κ3) is 4.29. The molecule has 10 heteroatoms. The van der Waals surface area contributed by atoms with Gasteiger partial charge in [0.25, 0.3) is 5.56 Å². The van der Waals surface area contributed by atoms with Crippen LogP contribution >= 0.6 is 35.3 Å². The summed E-state index contributed by atoms with van der Waals surface area (Å²) in [4.78, 5) is 18.3. The number of fused-ring (bicyclic) bond motifs is 1. The topological polar surface area (TPSA) is 53.0 Å². The molecule has 0 unspecified atom stereocenters. The minimum Gasteiger partial charge on any atom is -0.467 e. The van der Waals surface area contributed by atoms with E-state index in [1.807, 2.05) is 6.07 Å². The molecule has 0 atom stereocenters. The number of benzene rings is 2. The molecule has 5 rings (SSSR count). The molecule has 0 aliphatic carbocycles. The lowest BCUT2D eigenvalue weighted by Crippen LogP contribution is -2.21. The molecule has 2 aromatic carbocycles. The van der Waals surface area contributed by atoms with E-state index in [-0.39, 0.29) is 17.1 Å². The Morgan fingerprint density at radius 3 is 2.58 bits per heavy atom. The van der Waals surface area contributed by atoms with Crippen molar-refractivity contribution in [2.45, 2.75) is 17.5 Å². The van der Waals surface area contributed by atoms with Crippen LogP contribution in [0.15, 0.2) is 81.3 Å². The van der Waals surface area contributed by atoms with Gasteiger partial charge in [-0.05, 0) is 60.2 Å². The fourth-order valence-electron chi connectivity index (χ4n) is 3.35. The lowest BCUT2D eigenvalue weighted by molar-refractivity contribution is 0.495. The van der Waals surface area contributed by atoms with Gasteiger partial charge in [-0.15, -0.1) is 0 Å². The Bertz CT molecular complexity index is 1560. The zero-order chi connectivity index (χ0) is 22.9. The molecule has 0 radical (unpaired) electrons. The Morgan fingerprint density at radius 2 is 1.85 bits per heavy atom. The molecule has 0 spiro atoms. The van der Waals surface area contributed by atoms with Gasteiger partial charge in [0.05, 0.1) is 18.5 Å². The fraction of sp³-hybridized carbons (Fsp3) is 0.0870. The Kier molecular flexibility index (Phi) is 5.96. The smallest absolute Gasteiger partial charge is 0.278 e. The standard InChI is InChI=1S/C23H15F2N3O2S3/c24-15-7-9-16(10-8-15)28-21(29)19-20(27(23(31)33-19)12-17-5-3-11-30-17)26-22(28)32-13-14-4-1-2-6-18(14)25/h1-11H,12-13H2. The molecule has 0 aliphatic heterocycles. The predicted octanol–water partition coefficient (Wildman–Crippen LogP) is 6.19. The summed E-state index contributed by atoms with van der Waals surface area (Å²) in [5.41, 5.74) is 1.06. The van der Waals surface area contributed by atoms with E-state index >= 15 is 0 Å². The van der Waals surface area contributed by atoms with Gasteiger partial charge < -0.3 is 4.42 Å². The van der Waals surface area contributed by atoms with E-state index in [0.29, 0.717) is 43.0 Å². The van der Waals surface area contributed by atoms with Gasteiger partial charge in [0.15, 0.2) is 14.8 Å². The van der Waals surface area contributed by atoms with Crippen molar-refractivity contribution >= 4 is 45.7 Å². The first kappa shape index (κ1) is 21.7. The molecule has 5 aromatic rings. The normalized spacial score (nSPS) is 11.3. The number of aromatic nitrogens is 3. The Balaban J connectivity index is 1.67. The Hall–Kier alpha value is -3.08. The van der Waals surface area contributed by atoms with Gasteiger partial charge in [0.2, 0.25) is 0 Å². The van der Waals surface area contributed by atoms with E-state index in [1.165, 1.54) is 46.7 Å². The third-order valence-electron chi connectivity index (χ3n) is 4.95. The minimum absolute atomic E-state index is 0.259. The Morgan fingerprint density at radius 1 is 1.06 bits per heavy atom. The highest BCUT2D eigenvalue weighted by molar-refractivity contribution is 7.98. The number of rotatable bonds is 6. The molecule has 0 amide bonds. The lowest BCUT2D eigenvalue weighted by atomic mass is 10.2. The molecule has 0 aliphatic rings. The van der Waals surface area contributed by atoms with Crippen LogP contribution in [0.2, 0.25) is 0 Å². The first-order valence-electron chi connectivity index (χ1n) is 9.82. The highest BCUT2D eigenvalue weighted by Gasteiger charge is 2.19. The van der Waals surface area contributed by atoms with Crippen LogP contribution in [-0.4, -0.2) is 14.1 Å². The van der Waals surface area contributed by atoms with Crippen LogP contribution in [0, 0.1) is 15.6 Å². The average molecular weight is 500 g/mol. The van der Waals surface area contributed by atoms with E-state index in [9.17, 15) is 13.6 Å². The summed E-state index contributed by atoms with van der Waals surface area (Å²) in [6.45, 7) is 0.330. The summed E-state index contributed by atoms with van der Waals surface area (Å²) in [5.74, 6) is 0.185. The lowest BCUT2D eigenvalue weighted by Gasteiger charge is -2.13. The summed E-state index contributed by atoms with van der Waals surface area (Å²) in [5, 5.41) is 0.350. The van der Waals surface area contributed by atoms with Gasteiger partial charge in [0, 0.05) is 5.75 Å². The molecule has 0 saturated carbocycles. The summed E-state index contributed by atoms with van der Waals surface area (Å²) >= 11 is 7.89. The van der Waals surface area contributed by atoms with Gasteiger partial charge in [-0.2, -0.15) is 0 Å². The van der Waals surface area contributed by atoms with E-state index in [4.69, 9.17) is 21.6 Å². The second-order valence-corrected chi connectivity index (χ2v) is 9.66. The number of furan rings is 1. The maximum Gasteiger partial charge on any atom is 0.278 e. The molecule has 0 saturated heterocycles. The largest absolute Gasteiger partial charge is 0.467 e. The first-order chi connectivity index (χ1) is 16.0. The zero-order valence-electron chi connectivity index (χ0n) is 16.9. The number of hydrogen-bond donors (Lipinski definition) is 0. The highest BCUT2D eigenvalue weighted by Crippen LogP contribution is 2.28. The molecular weight excluding hydrogens is 484 g/mol. The first-order valence-corrected chi connectivity index (χ1v) is 12.0. The van der Waals surface area contributed by atoms with Gasteiger partial charge in [-0.25, -0.2) is 13.8 Å². The molecule has 3 heterocycles. The highest BCUT2D eigenvalue weighted by atomic mass is 32.2. The molecule has 0 fully saturated rings. The van der Waals surface area contributed by atoms with Crippen LogP contribution < -0.4 is 5.56 Å². The van der Waals surface area contributed by atoms with Crippen molar-refractivity contribution in [3.8, 4) is 5.69 Å². The van der Waals surface area contributed by atoms with Crippen LogP contribution in [0.25, 0.3) is 16.0 Å². The summed E-state index contributed by atoms with van der Waals surface area (Å²) in [6, 6.07) is 15.6. The van der Waals surface area contributed by atoms with Crippen molar-refractivity contribution < 1.29 is 13.2 Å². The SMILES string of the molecule is O=c1c2sc(=S)n(Cc3ccco3)c2nc(SCc2ccccc2F)n1-c1ccc(F)cc1. The van der Waals surface area contributed by atoms with Crippen molar-refractivity contribution in [2.75, 3.05) is 0 Å². The average Bonchev–Trinajstić information content (AvgIpc) is 3.43. The van der Waals surface area contributed by atoms with Crippen molar-refractivity contribution in [2.24, 2.45) is 0 Å². The van der Waals surface area contributed by atoms with Gasteiger partial charge >= 0.3 is 0 Å². The van der Waals surface area contributed by atoms with Crippen LogP contribution in [0.5, 0.6) is 0 Å². The molecule has 33 heavy (non-hydrogen) atoms. The molecule has 3 aromatic heterocycles. The van der Waals surface area contributed by atoms with Gasteiger partial charge in [-0.1, -0.05) is 41.3 Å². The van der Waals surface area contributed by atoms with Crippen molar-refractivity contribution in [1.82, 2.24) is 14.1 Å². The molecule has 5 nitrogen and oxygen atoms in total. The molecule has 166 valence electrons. The maximum absolute atomic E-state index is 14.2. The summed E-state index contributed by atoms with van der Waals surface area (Å²) in [7, 11) is 0. The van der Waals surface area contributed by atoms with Gasteiger partial charge in [0.1, 0.15) is 22.1 Å². The molecule has 0 N–H and O–H groups in total. The van der Waals surface area contributed by atoms with Gasteiger partial charge in [-0.3, -0.25) is 13.9 Å². The van der Waals surface area contributed by atoms with E-state index in [1.54, 1.807) is 35.1 Å². The number of thiazole rings is 1. The van der Waals surface area contributed by atoms with Crippen LogP contribution in [0.4, 0.5) is 8.78 Å². The third-order valence-corrected chi connectivity index (χ3v) is 7.37. The van der Waals surface area contributed by atoms with E-state index in [2.05, 4.69) is 0 Å².